The number of nitrogens with one attached hydrogen (secondary N) is 1. The van der Waals surface area contributed by atoms with Crippen LogP contribution in [0.4, 0.5) is 11.5 Å². The first-order chi connectivity index (χ1) is 9.70. The van der Waals surface area contributed by atoms with Gasteiger partial charge in [0, 0.05) is 36.1 Å². The molecule has 0 fully saturated rings. The molecule has 3 rings (SSSR count). The van der Waals surface area contributed by atoms with Crippen molar-refractivity contribution in [2.45, 2.75) is 19.5 Å². The lowest BCUT2D eigenvalue weighted by molar-refractivity contribution is 0.617. The highest BCUT2D eigenvalue weighted by atomic mass is 15.1. The Morgan fingerprint density at radius 2 is 2.20 bits per heavy atom. The number of imidazole rings is 1. The number of hydrogen-bond acceptors (Lipinski definition) is 4. The van der Waals surface area contributed by atoms with Gasteiger partial charge in [-0.05, 0) is 37.3 Å². The van der Waals surface area contributed by atoms with Crippen LogP contribution in [0.15, 0.2) is 49.1 Å². The van der Waals surface area contributed by atoms with Crippen LogP contribution in [0.25, 0.3) is 10.9 Å². The first kappa shape index (κ1) is 12.5. The van der Waals surface area contributed by atoms with E-state index in [0.717, 1.165) is 29.0 Å². The van der Waals surface area contributed by atoms with E-state index < -0.39 is 0 Å². The third kappa shape index (κ3) is 2.71. The number of rotatable bonds is 4. The minimum absolute atomic E-state index is 0.267. The van der Waals surface area contributed by atoms with Crippen molar-refractivity contribution >= 4 is 22.4 Å². The maximum Gasteiger partial charge on any atom is 0.126 e. The molecule has 5 nitrogen and oxygen atoms in total. The summed E-state index contributed by atoms with van der Waals surface area (Å²) in [5, 5.41) is 4.45. The second-order valence-electron chi connectivity index (χ2n) is 4.95. The van der Waals surface area contributed by atoms with E-state index in [1.807, 2.05) is 47.4 Å². The van der Waals surface area contributed by atoms with Gasteiger partial charge >= 0.3 is 0 Å². The molecule has 3 N–H and O–H groups in total. The van der Waals surface area contributed by atoms with Crippen molar-refractivity contribution in [1.82, 2.24) is 14.5 Å². The number of nitrogens with zero attached hydrogens (tertiary/aromatic N) is 3. The van der Waals surface area contributed by atoms with Gasteiger partial charge in [0.1, 0.15) is 5.82 Å². The van der Waals surface area contributed by atoms with Crippen molar-refractivity contribution in [3.8, 4) is 0 Å². The number of benzene rings is 1. The Labute approximate surface area is 117 Å². The molecule has 0 radical (unpaired) electrons. The smallest absolute Gasteiger partial charge is 0.126 e. The van der Waals surface area contributed by atoms with E-state index in [2.05, 4.69) is 22.2 Å². The van der Waals surface area contributed by atoms with Crippen molar-refractivity contribution in [2.75, 3.05) is 11.1 Å². The molecule has 1 unspecified atom stereocenters. The van der Waals surface area contributed by atoms with E-state index in [4.69, 9.17) is 5.73 Å². The molecular weight excluding hydrogens is 250 g/mol. The number of nitrogen functional groups attached to an aromatic ring is 1. The van der Waals surface area contributed by atoms with Gasteiger partial charge < -0.3 is 15.6 Å². The molecule has 0 aliphatic rings. The van der Waals surface area contributed by atoms with Crippen LogP contribution in [-0.2, 0) is 6.54 Å². The summed E-state index contributed by atoms with van der Waals surface area (Å²) in [6.07, 6.45) is 5.55. The Kier molecular flexibility index (Phi) is 3.25. The highest BCUT2D eigenvalue weighted by molar-refractivity contribution is 5.83. The van der Waals surface area contributed by atoms with Gasteiger partial charge in [-0.3, -0.25) is 0 Å². The number of nitrogens with two attached hydrogens (primary N) is 1. The highest BCUT2D eigenvalue weighted by Crippen LogP contribution is 2.18. The van der Waals surface area contributed by atoms with Crippen LogP contribution in [0.5, 0.6) is 0 Å². The van der Waals surface area contributed by atoms with Gasteiger partial charge in [-0.25, -0.2) is 9.97 Å². The zero-order valence-corrected chi connectivity index (χ0v) is 11.3. The lowest BCUT2D eigenvalue weighted by atomic mass is 10.2. The third-order valence-corrected chi connectivity index (χ3v) is 3.15. The second kappa shape index (κ2) is 5.21. The molecule has 0 bridgehead atoms. The van der Waals surface area contributed by atoms with Crippen LogP contribution in [-0.4, -0.2) is 20.6 Å². The molecular formula is C15H17N5. The molecule has 0 amide bonds. The fourth-order valence-electron chi connectivity index (χ4n) is 2.23. The number of anilines is 2. The Bertz CT molecular complexity index is 705. The van der Waals surface area contributed by atoms with Crippen molar-refractivity contribution < 1.29 is 0 Å². The second-order valence-corrected chi connectivity index (χ2v) is 4.95. The molecule has 0 aliphatic heterocycles. The predicted molar refractivity (Wildman–Crippen MR) is 81.5 cm³/mol. The largest absolute Gasteiger partial charge is 0.399 e. The maximum absolute atomic E-state index is 5.77. The van der Waals surface area contributed by atoms with Crippen LogP contribution in [0.1, 0.15) is 6.92 Å². The van der Waals surface area contributed by atoms with Gasteiger partial charge in [-0.15, -0.1) is 0 Å². The average molecular weight is 267 g/mol. The van der Waals surface area contributed by atoms with Gasteiger partial charge in [0.15, 0.2) is 0 Å². The topological polar surface area (TPSA) is 68.8 Å². The Balaban J connectivity index is 1.75. The normalized spacial score (nSPS) is 12.4. The molecule has 0 saturated carbocycles. The zero-order valence-electron chi connectivity index (χ0n) is 11.3. The number of aromatic nitrogens is 3. The zero-order chi connectivity index (χ0) is 13.9. The standard InChI is InChI=1S/C15H17N5/c1-11(9-20-7-6-17-10-20)18-15-5-2-12-8-13(16)3-4-14(12)19-15/h2-8,10-11H,9,16H2,1H3,(H,18,19). The SMILES string of the molecule is CC(Cn1ccnc1)Nc1ccc2cc(N)ccc2n1. The van der Waals surface area contributed by atoms with E-state index in [9.17, 15) is 0 Å². The summed E-state index contributed by atoms with van der Waals surface area (Å²) in [5.74, 6) is 0.870. The summed E-state index contributed by atoms with van der Waals surface area (Å²) in [7, 11) is 0. The van der Waals surface area contributed by atoms with E-state index in [-0.39, 0.29) is 6.04 Å². The Hall–Kier alpha value is -2.56. The third-order valence-electron chi connectivity index (χ3n) is 3.15. The number of pyridine rings is 1. The fourth-order valence-corrected chi connectivity index (χ4v) is 2.23. The molecule has 2 heterocycles. The number of fused-ring (bicyclic) bond motifs is 1. The van der Waals surface area contributed by atoms with Crippen molar-refractivity contribution in [3.63, 3.8) is 0 Å². The summed E-state index contributed by atoms with van der Waals surface area (Å²) < 4.78 is 2.04. The predicted octanol–water partition coefficient (Wildman–Crippen LogP) is 2.51. The first-order valence-electron chi connectivity index (χ1n) is 6.59. The lowest BCUT2D eigenvalue weighted by Crippen LogP contribution is -2.21. The molecule has 20 heavy (non-hydrogen) atoms. The van der Waals surface area contributed by atoms with Gasteiger partial charge in [-0.2, -0.15) is 0 Å². The number of hydrogen-bond donors (Lipinski definition) is 2. The molecule has 102 valence electrons. The van der Waals surface area contributed by atoms with Gasteiger partial charge in [0.05, 0.1) is 11.8 Å². The Morgan fingerprint density at radius 3 is 3.00 bits per heavy atom. The highest BCUT2D eigenvalue weighted by Gasteiger charge is 2.05. The molecule has 0 spiro atoms. The maximum atomic E-state index is 5.77. The lowest BCUT2D eigenvalue weighted by Gasteiger charge is -2.15. The summed E-state index contributed by atoms with van der Waals surface area (Å²) in [5.41, 5.74) is 7.47. The summed E-state index contributed by atoms with van der Waals surface area (Å²) in [6.45, 7) is 2.97. The van der Waals surface area contributed by atoms with Crippen LogP contribution < -0.4 is 11.1 Å². The molecule has 1 atom stereocenters. The van der Waals surface area contributed by atoms with Gasteiger partial charge in [0.25, 0.3) is 0 Å². The summed E-state index contributed by atoms with van der Waals surface area (Å²) in [6, 6.07) is 10.0. The molecule has 5 heteroatoms. The first-order valence-corrected chi connectivity index (χ1v) is 6.59. The molecule has 0 aliphatic carbocycles. The van der Waals surface area contributed by atoms with E-state index in [0.29, 0.717) is 0 Å². The molecule has 1 aromatic carbocycles. The minimum Gasteiger partial charge on any atom is -0.399 e. The molecule has 2 aromatic heterocycles. The summed E-state index contributed by atoms with van der Waals surface area (Å²) in [4.78, 5) is 8.63. The average Bonchev–Trinajstić information content (AvgIpc) is 2.91. The summed E-state index contributed by atoms with van der Waals surface area (Å²) >= 11 is 0. The van der Waals surface area contributed by atoms with E-state index in [1.165, 1.54) is 0 Å². The van der Waals surface area contributed by atoms with Crippen LogP contribution in [0, 0.1) is 0 Å². The molecule has 0 saturated heterocycles. The van der Waals surface area contributed by atoms with Gasteiger partial charge in [-0.1, -0.05) is 0 Å². The minimum atomic E-state index is 0.267. The van der Waals surface area contributed by atoms with Gasteiger partial charge in [0.2, 0.25) is 0 Å². The van der Waals surface area contributed by atoms with E-state index >= 15 is 0 Å². The molecule has 3 aromatic rings. The van der Waals surface area contributed by atoms with E-state index in [1.54, 1.807) is 6.20 Å². The van der Waals surface area contributed by atoms with Crippen LogP contribution >= 0.6 is 0 Å². The van der Waals surface area contributed by atoms with Crippen molar-refractivity contribution in [3.05, 3.63) is 49.1 Å². The monoisotopic (exact) mass is 267 g/mol. The van der Waals surface area contributed by atoms with Crippen molar-refractivity contribution in [2.24, 2.45) is 0 Å². The van der Waals surface area contributed by atoms with Crippen LogP contribution in [0.2, 0.25) is 0 Å². The van der Waals surface area contributed by atoms with Crippen LogP contribution in [0.3, 0.4) is 0 Å². The quantitative estimate of drug-likeness (QED) is 0.713. The van der Waals surface area contributed by atoms with Crippen molar-refractivity contribution in [1.29, 1.82) is 0 Å². The fraction of sp³-hybridized carbons (Fsp3) is 0.200. The Morgan fingerprint density at radius 1 is 1.30 bits per heavy atom.